The molecule has 0 bridgehead atoms. The van der Waals surface area contributed by atoms with Crippen molar-refractivity contribution in [3.63, 3.8) is 0 Å². The maximum absolute atomic E-state index is 13.7. The molecule has 4 aromatic carbocycles. The van der Waals surface area contributed by atoms with Crippen LogP contribution in [0, 0.1) is 10.1 Å². The molecule has 6 rings (SSSR count). The summed E-state index contributed by atoms with van der Waals surface area (Å²) in [6.45, 7) is 2.23. The molecule has 0 fully saturated rings. The van der Waals surface area contributed by atoms with Crippen LogP contribution in [0.5, 0.6) is 11.5 Å². The van der Waals surface area contributed by atoms with Crippen molar-refractivity contribution < 1.29 is 18.8 Å². The second-order valence-corrected chi connectivity index (χ2v) is 11.8. The lowest BCUT2D eigenvalue weighted by Gasteiger charge is -2.16. The van der Waals surface area contributed by atoms with Crippen molar-refractivity contribution in [1.29, 1.82) is 0 Å². The Kier molecular flexibility index (Phi) is 8.70. The van der Waals surface area contributed by atoms with E-state index in [1.165, 1.54) is 23.0 Å². The van der Waals surface area contributed by atoms with Crippen molar-refractivity contribution in [3.05, 3.63) is 124 Å². The molecule has 0 unspecified atom stereocenters. The van der Waals surface area contributed by atoms with Gasteiger partial charge in [0, 0.05) is 32.0 Å². The molecule has 0 aliphatic carbocycles. The van der Waals surface area contributed by atoms with E-state index in [0.29, 0.717) is 50.2 Å². The lowest BCUT2D eigenvalue weighted by atomic mass is 10.2. The summed E-state index contributed by atoms with van der Waals surface area (Å²) in [7, 11) is 0. The Hall–Kier alpha value is -4.52. The summed E-state index contributed by atoms with van der Waals surface area (Å²) in [5.74, 6) is 1.21. The molecular formula is C32H21Br2ClN4O6. The van der Waals surface area contributed by atoms with Gasteiger partial charge in [-0.05, 0) is 83.0 Å². The van der Waals surface area contributed by atoms with Gasteiger partial charge in [0.2, 0.25) is 5.82 Å². The van der Waals surface area contributed by atoms with Gasteiger partial charge in [0.25, 0.3) is 11.2 Å². The molecule has 0 saturated carbocycles. The van der Waals surface area contributed by atoms with Crippen molar-refractivity contribution in [2.45, 2.75) is 13.5 Å². The van der Waals surface area contributed by atoms with Crippen LogP contribution in [0.4, 0.5) is 5.69 Å². The van der Waals surface area contributed by atoms with Gasteiger partial charge in [-0.15, -0.1) is 0 Å². The molecule has 0 spiro atoms. The highest BCUT2D eigenvalue weighted by Crippen LogP contribution is 2.43. The Labute approximate surface area is 277 Å². The minimum atomic E-state index is -0.465. The fourth-order valence-corrected chi connectivity index (χ4v) is 5.63. The Morgan fingerprint density at radius 1 is 1.07 bits per heavy atom. The molecule has 0 atom stereocenters. The number of nitrogens with zero attached hydrogens (tertiary/aromatic N) is 4. The quantitative estimate of drug-likeness (QED) is 0.0823. The molecule has 6 aromatic rings. The van der Waals surface area contributed by atoms with Crippen LogP contribution in [0.3, 0.4) is 0 Å². The summed E-state index contributed by atoms with van der Waals surface area (Å²) in [5.41, 5.74) is 1.94. The number of halogens is 3. The molecule has 0 aliphatic rings. The van der Waals surface area contributed by atoms with Gasteiger partial charge in [-0.2, -0.15) is 9.78 Å². The Morgan fingerprint density at radius 2 is 1.84 bits per heavy atom. The van der Waals surface area contributed by atoms with Gasteiger partial charge in [0.05, 0.1) is 28.6 Å². The van der Waals surface area contributed by atoms with Gasteiger partial charge in [0.1, 0.15) is 17.2 Å². The first-order valence-electron chi connectivity index (χ1n) is 13.5. The first-order chi connectivity index (χ1) is 21.7. The maximum Gasteiger partial charge on any atom is 0.282 e. The molecule has 45 heavy (non-hydrogen) atoms. The smallest absolute Gasteiger partial charge is 0.282 e. The van der Waals surface area contributed by atoms with Crippen LogP contribution in [0.25, 0.3) is 33.5 Å². The summed E-state index contributed by atoms with van der Waals surface area (Å²) in [5, 5.41) is 17.0. The highest BCUT2D eigenvalue weighted by atomic mass is 79.9. The van der Waals surface area contributed by atoms with Crippen molar-refractivity contribution >= 4 is 77.2 Å². The van der Waals surface area contributed by atoms with Crippen LogP contribution in [-0.4, -0.2) is 27.4 Å². The average Bonchev–Trinajstić information content (AvgIpc) is 3.46. The summed E-state index contributed by atoms with van der Waals surface area (Å²) >= 11 is 13.8. The van der Waals surface area contributed by atoms with E-state index < -0.39 is 4.92 Å². The normalized spacial score (nSPS) is 11.5. The molecule has 0 radical (unpaired) electrons. The first kappa shape index (κ1) is 30.5. The van der Waals surface area contributed by atoms with Crippen LogP contribution in [0.15, 0.2) is 102 Å². The van der Waals surface area contributed by atoms with E-state index in [4.69, 9.17) is 30.5 Å². The first-order valence-corrected chi connectivity index (χ1v) is 15.5. The van der Waals surface area contributed by atoms with Gasteiger partial charge in [-0.1, -0.05) is 39.7 Å². The predicted molar refractivity (Wildman–Crippen MR) is 180 cm³/mol. The third-order valence-corrected chi connectivity index (χ3v) is 8.69. The molecule has 0 saturated heterocycles. The second kappa shape index (κ2) is 12.8. The number of rotatable bonds is 9. The molecule has 13 heteroatoms. The Balaban J connectivity index is 1.40. The zero-order valence-electron chi connectivity index (χ0n) is 23.4. The number of furan rings is 1. The predicted octanol–water partition coefficient (Wildman–Crippen LogP) is 8.76. The Bertz CT molecular complexity index is 2180. The number of non-ortho nitro benzene ring substituents is 1. The highest BCUT2D eigenvalue weighted by Gasteiger charge is 2.20. The number of hydrogen-bond acceptors (Lipinski definition) is 8. The Morgan fingerprint density at radius 3 is 2.60 bits per heavy atom. The standard InChI is InChI=1S/C32H21Br2ClN4O6/c1-2-43-26-15-20(28(34)29(35)30(26)44-17-18-7-10-22(11-8-18)39(41)42)16-36-38-31(37-24-6-4-3-5-23(24)32(38)40)27-14-19-13-21(33)9-12-25(19)45-27/h3-16H,2,17H2,1H3. The van der Waals surface area contributed by atoms with Gasteiger partial charge >= 0.3 is 0 Å². The average molecular weight is 753 g/mol. The van der Waals surface area contributed by atoms with Crippen LogP contribution in [0.2, 0.25) is 5.02 Å². The molecule has 10 nitrogen and oxygen atoms in total. The van der Waals surface area contributed by atoms with E-state index in [1.54, 1.807) is 42.5 Å². The molecule has 0 N–H and O–H groups in total. The number of nitro benzene ring substituents is 1. The number of aromatic nitrogens is 2. The molecule has 226 valence electrons. The van der Waals surface area contributed by atoms with E-state index in [1.807, 2.05) is 31.2 Å². The lowest BCUT2D eigenvalue weighted by molar-refractivity contribution is -0.384. The minimum absolute atomic E-state index is 0.0181. The monoisotopic (exact) mass is 750 g/mol. The fourth-order valence-electron chi connectivity index (χ4n) is 4.60. The summed E-state index contributed by atoms with van der Waals surface area (Å²) in [4.78, 5) is 28.9. The maximum atomic E-state index is 13.7. The fraction of sp³-hybridized carbons (Fsp3) is 0.0938. The number of hydrogen-bond donors (Lipinski definition) is 0. The van der Waals surface area contributed by atoms with E-state index in [2.05, 4.69) is 37.0 Å². The van der Waals surface area contributed by atoms with Crippen molar-refractivity contribution in [2.75, 3.05) is 6.61 Å². The second-order valence-electron chi connectivity index (χ2n) is 9.67. The van der Waals surface area contributed by atoms with Crippen LogP contribution in [0.1, 0.15) is 18.1 Å². The van der Waals surface area contributed by atoms with Crippen LogP contribution in [-0.2, 0) is 6.61 Å². The third kappa shape index (κ3) is 6.21. The third-order valence-electron chi connectivity index (χ3n) is 6.75. The van der Waals surface area contributed by atoms with Gasteiger partial charge in [-0.25, -0.2) is 4.98 Å². The van der Waals surface area contributed by atoms with Gasteiger partial charge in [0.15, 0.2) is 17.3 Å². The van der Waals surface area contributed by atoms with E-state index in [9.17, 15) is 14.9 Å². The highest BCUT2D eigenvalue weighted by molar-refractivity contribution is 9.10. The number of nitro groups is 1. The number of fused-ring (bicyclic) bond motifs is 2. The molecular weight excluding hydrogens is 732 g/mol. The topological polar surface area (TPSA) is 122 Å². The van der Waals surface area contributed by atoms with Gasteiger partial charge in [-0.3, -0.25) is 14.9 Å². The number of para-hydroxylation sites is 1. The molecule has 2 aromatic heterocycles. The largest absolute Gasteiger partial charge is 0.490 e. The molecule has 0 amide bonds. The summed E-state index contributed by atoms with van der Waals surface area (Å²) in [6, 6.07) is 22.1. The molecule has 2 heterocycles. The zero-order valence-corrected chi connectivity index (χ0v) is 27.3. The van der Waals surface area contributed by atoms with Crippen molar-refractivity contribution in [2.24, 2.45) is 5.10 Å². The minimum Gasteiger partial charge on any atom is -0.490 e. The zero-order chi connectivity index (χ0) is 31.7. The number of benzene rings is 4. The van der Waals surface area contributed by atoms with Crippen LogP contribution >= 0.6 is 43.5 Å². The van der Waals surface area contributed by atoms with E-state index in [0.717, 1.165) is 9.86 Å². The number of ether oxygens (including phenoxy) is 2. The van der Waals surface area contributed by atoms with Gasteiger partial charge < -0.3 is 13.9 Å². The van der Waals surface area contributed by atoms with E-state index >= 15 is 0 Å². The van der Waals surface area contributed by atoms with Crippen molar-refractivity contribution in [1.82, 2.24) is 9.66 Å². The van der Waals surface area contributed by atoms with E-state index in [-0.39, 0.29) is 34.5 Å². The summed E-state index contributed by atoms with van der Waals surface area (Å²) < 4.78 is 20.5. The lowest BCUT2D eigenvalue weighted by Crippen LogP contribution is -2.20. The van der Waals surface area contributed by atoms with Crippen molar-refractivity contribution in [3.8, 4) is 23.1 Å². The molecule has 0 aliphatic heterocycles. The summed E-state index contributed by atoms with van der Waals surface area (Å²) in [6.07, 6.45) is 1.47. The SMILES string of the molecule is CCOc1cc(C=Nn2c(-c3cc4cc(Br)ccc4o3)nc3ccccc3c2=O)c(Br)c(Cl)c1OCc1ccc([N+](=O)[O-])cc1. The van der Waals surface area contributed by atoms with Crippen LogP contribution < -0.4 is 15.0 Å².